The van der Waals surface area contributed by atoms with Crippen molar-refractivity contribution in [3.05, 3.63) is 71.4 Å². The molecule has 2 heterocycles. The molecule has 0 unspecified atom stereocenters. The van der Waals surface area contributed by atoms with Crippen LogP contribution in [0.15, 0.2) is 64.3 Å². The lowest BCUT2D eigenvalue weighted by Crippen LogP contribution is -2.08. The number of nitrogens with zero attached hydrogens (tertiary/aromatic N) is 1. The van der Waals surface area contributed by atoms with Gasteiger partial charge in [-0.05, 0) is 47.4 Å². The highest BCUT2D eigenvalue weighted by molar-refractivity contribution is 7.89. The van der Waals surface area contributed by atoms with Gasteiger partial charge in [0.25, 0.3) is 0 Å². The normalized spacial score (nSPS) is 11.6. The number of thiophene rings is 1. The predicted molar refractivity (Wildman–Crippen MR) is 98.3 cm³/mol. The van der Waals surface area contributed by atoms with Crippen molar-refractivity contribution < 1.29 is 17.3 Å². The number of methoxy groups -OCH3 is 1. The summed E-state index contributed by atoms with van der Waals surface area (Å²) in [5, 5.41) is 1.68. The molecule has 0 saturated heterocycles. The number of aromatic nitrogens is 1. The third kappa shape index (κ3) is 4.26. The van der Waals surface area contributed by atoms with Gasteiger partial charge in [0.2, 0.25) is 0 Å². The monoisotopic (exact) mass is 373 g/mol. The zero-order chi connectivity index (χ0) is 17.7. The van der Waals surface area contributed by atoms with E-state index in [9.17, 15) is 8.42 Å². The molecule has 7 heteroatoms. The number of ether oxygens (including phenoxy) is 1. The minimum absolute atomic E-state index is 0.144. The molecule has 0 radical (unpaired) electrons. The standard InChI is InChI=1S/C18H15NO4S2/c1-22-17-13-14(7-9-15-5-2-3-11-19-15)8-10-16(17)23-25(20,21)18-6-4-12-24-18/h2-13H,1H3/b9-7+. The summed E-state index contributed by atoms with van der Waals surface area (Å²) in [4.78, 5) is 4.21. The molecule has 0 aliphatic carbocycles. The average Bonchev–Trinajstić information content (AvgIpc) is 3.17. The molecular formula is C18H15NO4S2. The molecule has 0 bridgehead atoms. The minimum atomic E-state index is -3.86. The topological polar surface area (TPSA) is 65.5 Å². The van der Waals surface area contributed by atoms with E-state index in [1.807, 2.05) is 30.4 Å². The molecule has 3 aromatic rings. The molecule has 0 amide bonds. The number of hydrogen-bond donors (Lipinski definition) is 0. The van der Waals surface area contributed by atoms with Gasteiger partial charge in [0.15, 0.2) is 15.7 Å². The fourth-order valence-electron chi connectivity index (χ4n) is 2.08. The van der Waals surface area contributed by atoms with E-state index in [-0.39, 0.29) is 9.96 Å². The highest BCUT2D eigenvalue weighted by Gasteiger charge is 2.20. The van der Waals surface area contributed by atoms with E-state index in [0.29, 0.717) is 5.75 Å². The highest BCUT2D eigenvalue weighted by atomic mass is 32.3. The van der Waals surface area contributed by atoms with E-state index < -0.39 is 10.1 Å². The molecular weight excluding hydrogens is 358 g/mol. The van der Waals surface area contributed by atoms with Crippen molar-refractivity contribution in [2.45, 2.75) is 4.21 Å². The van der Waals surface area contributed by atoms with E-state index in [1.54, 1.807) is 35.8 Å². The first-order valence-corrected chi connectivity index (χ1v) is 9.62. The number of benzene rings is 1. The SMILES string of the molecule is COc1cc(/C=C/c2ccccn2)ccc1OS(=O)(=O)c1cccs1. The average molecular weight is 373 g/mol. The van der Waals surface area contributed by atoms with Crippen molar-refractivity contribution in [2.75, 3.05) is 7.11 Å². The van der Waals surface area contributed by atoms with Gasteiger partial charge in [0, 0.05) is 6.20 Å². The Morgan fingerprint density at radius 3 is 2.60 bits per heavy atom. The summed E-state index contributed by atoms with van der Waals surface area (Å²) < 4.78 is 35.1. The van der Waals surface area contributed by atoms with Crippen LogP contribution in [-0.4, -0.2) is 20.5 Å². The number of pyridine rings is 1. The Balaban J connectivity index is 1.84. The summed E-state index contributed by atoms with van der Waals surface area (Å²) in [5.41, 5.74) is 1.66. The minimum Gasteiger partial charge on any atom is -0.493 e. The Hall–Kier alpha value is -2.64. The predicted octanol–water partition coefficient (Wildman–Crippen LogP) is 4.09. The van der Waals surface area contributed by atoms with Crippen LogP contribution in [0.25, 0.3) is 12.2 Å². The lowest BCUT2D eigenvalue weighted by Gasteiger charge is -2.10. The summed E-state index contributed by atoms with van der Waals surface area (Å²) in [6.45, 7) is 0. The zero-order valence-corrected chi connectivity index (χ0v) is 15.0. The van der Waals surface area contributed by atoms with Crippen LogP contribution in [0.5, 0.6) is 11.5 Å². The lowest BCUT2D eigenvalue weighted by molar-refractivity contribution is 0.391. The van der Waals surface area contributed by atoms with Crippen molar-refractivity contribution in [3.63, 3.8) is 0 Å². The fourth-order valence-corrected chi connectivity index (χ4v) is 3.97. The van der Waals surface area contributed by atoms with Gasteiger partial charge in [0.1, 0.15) is 0 Å². The summed E-state index contributed by atoms with van der Waals surface area (Å²) in [7, 11) is -2.40. The van der Waals surface area contributed by atoms with Crippen LogP contribution in [0.2, 0.25) is 0 Å². The molecule has 0 aliphatic rings. The fraction of sp³-hybridized carbons (Fsp3) is 0.0556. The van der Waals surface area contributed by atoms with E-state index in [0.717, 1.165) is 22.6 Å². The van der Waals surface area contributed by atoms with Crippen LogP contribution >= 0.6 is 11.3 Å². The Morgan fingerprint density at radius 2 is 1.92 bits per heavy atom. The molecule has 0 saturated carbocycles. The molecule has 25 heavy (non-hydrogen) atoms. The van der Waals surface area contributed by atoms with Gasteiger partial charge < -0.3 is 8.92 Å². The number of rotatable bonds is 6. The van der Waals surface area contributed by atoms with Crippen molar-refractivity contribution in [1.29, 1.82) is 0 Å². The molecule has 0 aliphatic heterocycles. The Kier molecular flexibility index (Phi) is 5.16. The zero-order valence-electron chi connectivity index (χ0n) is 13.3. The van der Waals surface area contributed by atoms with E-state index >= 15 is 0 Å². The Labute approximate surface area is 150 Å². The van der Waals surface area contributed by atoms with Crippen molar-refractivity contribution in [3.8, 4) is 11.5 Å². The molecule has 0 spiro atoms. The lowest BCUT2D eigenvalue weighted by atomic mass is 10.1. The number of hydrogen-bond acceptors (Lipinski definition) is 6. The van der Waals surface area contributed by atoms with Crippen molar-refractivity contribution >= 4 is 33.6 Å². The van der Waals surface area contributed by atoms with Gasteiger partial charge in [-0.15, -0.1) is 11.3 Å². The summed E-state index contributed by atoms with van der Waals surface area (Å²) in [6, 6.07) is 13.8. The molecule has 0 atom stereocenters. The van der Waals surface area contributed by atoms with Gasteiger partial charge in [-0.3, -0.25) is 4.98 Å². The van der Waals surface area contributed by atoms with Gasteiger partial charge >= 0.3 is 10.1 Å². The maximum atomic E-state index is 12.2. The van der Waals surface area contributed by atoms with Crippen LogP contribution in [0.3, 0.4) is 0 Å². The second-order valence-corrected chi connectivity index (χ2v) is 7.69. The van der Waals surface area contributed by atoms with E-state index in [4.69, 9.17) is 8.92 Å². The smallest absolute Gasteiger partial charge is 0.348 e. The molecule has 3 rings (SSSR count). The molecule has 0 fully saturated rings. The summed E-state index contributed by atoms with van der Waals surface area (Å²) in [5.74, 6) is 0.481. The second-order valence-electron chi connectivity index (χ2n) is 4.97. The molecule has 128 valence electrons. The maximum absolute atomic E-state index is 12.2. The van der Waals surface area contributed by atoms with Crippen LogP contribution in [-0.2, 0) is 10.1 Å². The van der Waals surface area contributed by atoms with Crippen molar-refractivity contribution in [2.24, 2.45) is 0 Å². The molecule has 2 aromatic heterocycles. The molecule has 5 nitrogen and oxygen atoms in total. The second kappa shape index (κ2) is 7.50. The van der Waals surface area contributed by atoms with Crippen LogP contribution < -0.4 is 8.92 Å². The summed E-state index contributed by atoms with van der Waals surface area (Å²) >= 11 is 1.10. The highest BCUT2D eigenvalue weighted by Crippen LogP contribution is 2.32. The third-order valence-corrected chi connectivity index (χ3v) is 5.85. The summed E-state index contributed by atoms with van der Waals surface area (Å²) in [6.07, 6.45) is 5.44. The first-order valence-electron chi connectivity index (χ1n) is 7.33. The largest absolute Gasteiger partial charge is 0.493 e. The van der Waals surface area contributed by atoms with Gasteiger partial charge in [-0.1, -0.05) is 24.3 Å². The van der Waals surface area contributed by atoms with Crippen LogP contribution in [0.1, 0.15) is 11.3 Å². The Morgan fingerprint density at radius 1 is 1.04 bits per heavy atom. The quantitative estimate of drug-likeness (QED) is 0.609. The van der Waals surface area contributed by atoms with Crippen molar-refractivity contribution in [1.82, 2.24) is 4.98 Å². The van der Waals surface area contributed by atoms with Gasteiger partial charge in [0.05, 0.1) is 12.8 Å². The first-order chi connectivity index (χ1) is 12.1. The molecule has 1 aromatic carbocycles. The van der Waals surface area contributed by atoms with Gasteiger partial charge in [-0.2, -0.15) is 8.42 Å². The van der Waals surface area contributed by atoms with E-state index in [1.165, 1.54) is 13.2 Å². The third-order valence-electron chi connectivity index (χ3n) is 3.26. The van der Waals surface area contributed by atoms with Gasteiger partial charge in [-0.25, -0.2) is 0 Å². The Bertz CT molecular complexity index is 966. The van der Waals surface area contributed by atoms with E-state index in [2.05, 4.69) is 4.98 Å². The first kappa shape index (κ1) is 17.2. The van der Waals surface area contributed by atoms with Crippen LogP contribution in [0.4, 0.5) is 0 Å². The molecule has 0 N–H and O–H groups in total. The maximum Gasteiger partial charge on any atom is 0.348 e. The van der Waals surface area contributed by atoms with Crippen LogP contribution in [0, 0.1) is 0 Å².